The number of nitrogens with zero attached hydrogens (tertiary/aromatic N) is 4. The molecule has 0 bridgehead atoms. The molecule has 4 heterocycles. The normalized spacial score (nSPS) is 17.2. The van der Waals surface area contributed by atoms with E-state index in [9.17, 15) is 4.79 Å². The molecule has 1 atom stereocenters. The van der Waals surface area contributed by atoms with E-state index < -0.39 is 0 Å². The van der Waals surface area contributed by atoms with Crippen molar-refractivity contribution >= 4 is 34.4 Å². The first-order chi connectivity index (χ1) is 12.7. The van der Waals surface area contributed by atoms with Gasteiger partial charge >= 0.3 is 4.87 Å². The van der Waals surface area contributed by atoms with Crippen molar-refractivity contribution in [2.75, 3.05) is 12.4 Å². The van der Waals surface area contributed by atoms with Crippen molar-refractivity contribution in [2.45, 2.75) is 44.1 Å². The predicted octanol–water partition coefficient (Wildman–Crippen LogP) is 3.51. The summed E-state index contributed by atoms with van der Waals surface area (Å²) < 4.78 is 9.82. The van der Waals surface area contributed by atoms with Gasteiger partial charge in [-0.2, -0.15) is 0 Å². The van der Waals surface area contributed by atoms with E-state index in [0.29, 0.717) is 6.54 Å². The summed E-state index contributed by atoms with van der Waals surface area (Å²) in [7, 11) is 0. The van der Waals surface area contributed by atoms with Gasteiger partial charge in [0.15, 0.2) is 11.0 Å². The molecule has 1 saturated heterocycles. The van der Waals surface area contributed by atoms with E-state index >= 15 is 0 Å². The first-order valence-electron chi connectivity index (χ1n) is 8.59. The SMILES string of the molecule is Cc1csc(=O)n1CCSc1nnc(-c2cccs2)n1CC1CCCO1. The molecule has 0 aliphatic carbocycles. The first kappa shape index (κ1) is 18.0. The van der Waals surface area contributed by atoms with Crippen molar-refractivity contribution in [1.29, 1.82) is 0 Å². The van der Waals surface area contributed by atoms with E-state index in [2.05, 4.69) is 26.2 Å². The zero-order valence-electron chi connectivity index (χ0n) is 14.5. The third-order valence-electron chi connectivity index (χ3n) is 4.39. The average molecular weight is 409 g/mol. The molecule has 0 N–H and O–H groups in total. The Hall–Kier alpha value is -1.42. The van der Waals surface area contributed by atoms with Crippen LogP contribution in [-0.4, -0.2) is 37.8 Å². The Morgan fingerprint density at radius 1 is 1.35 bits per heavy atom. The molecule has 138 valence electrons. The Kier molecular flexibility index (Phi) is 5.58. The highest BCUT2D eigenvalue weighted by Gasteiger charge is 2.22. The Bertz CT molecular complexity index is 907. The van der Waals surface area contributed by atoms with Gasteiger partial charge in [-0.1, -0.05) is 29.2 Å². The fourth-order valence-electron chi connectivity index (χ4n) is 3.04. The number of thiophene rings is 1. The van der Waals surface area contributed by atoms with Gasteiger partial charge in [-0.25, -0.2) is 0 Å². The van der Waals surface area contributed by atoms with E-state index in [1.54, 1.807) is 23.1 Å². The third-order valence-corrected chi connectivity index (χ3v) is 7.08. The number of thioether (sulfide) groups is 1. The smallest absolute Gasteiger partial charge is 0.307 e. The van der Waals surface area contributed by atoms with Crippen LogP contribution in [0.4, 0.5) is 0 Å². The van der Waals surface area contributed by atoms with Crippen LogP contribution >= 0.6 is 34.4 Å². The molecule has 0 aromatic carbocycles. The quantitative estimate of drug-likeness (QED) is 0.560. The number of ether oxygens (including phenoxy) is 1. The van der Waals surface area contributed by atoms with Gasteiger partial charge in [0.05, 0.1) is 17.5 Å². The fourth-order valence-corrected chi connectivity index (χ4v) is 5.39. The number of thiazole rings is 1. The Balaban J connectivity index is 1.52. The van der Waals surface area contributed by atoms with Crippen LogP contribution in [0.1, 0.15) is 18.5 Å². The summed E-state index contributed by atoms with van der Waals surface area (Å²) in [5, 5.41) is 13.7. The lowest BCUT2D eigenvalue weighted by Crippen LogP contribution is -2.18. The van der Waals surface area contributed by atoms with Gasteiger partial charge in [0.2, 0.25) is 0 Å². The molecule has 1 aliphatic heterocycles. The monoisotopic (exact) mass is 408 g/mol. The minimum Gasteiger partial charge on any atom is -0.376 e. The molecular formula is C17H20N4O2S3. The molecule has 0 saturated carbocycles. The molecule has 1 unspecified atom stereocenters. The Morgan fingerprint density at radius 3 is 2.96 bits per heavy atom. The minimum atomic E-state index is 0.100. The molecule has 3 aromatic heterocycles. The van der Waals surface area contributed by atoms with Gasteiger partial charge < -0.3 is 9.30 Å². The molecule has 4 rings (SSSR count). The molecule has 9 heteroatoms. The molecule has 0 radical (unpaired) electrons. The van der Waals surface area contributed by atoms with Crippen LogP contribution < -0.4 is 4.87 Å². The second kappa shape index (κ2) is 8.08. The molecule has 1 fully saturated rings. The van der Waals surface area contributed by atoms with Gasteiger partial charge in [-0.15, -0.1) is 21.5 Å². The van der Waals surface area contributed by atoms with E-state index in [0.717, 1.165) is 53.3 Å². The third kappa shape index (κ3) is 3.80. The summed E-state index contributed by atoms with van der Waals surface area (Å²) >= 11 is 4.57. The first-order valence-corrected chi connectivity index (χ1v) is 11.3. The van der Waals surface area contributed by atoms with Crippen molar-refractivity contribution < 1.29 is 4.74 Å². The number of hydrogen-bond donors (Lipinski definition) is 0. The van der Waals surface area contributed by atoms with Crippen LogP contribution in [0, 0.1) is 6.92 Å². The van der Waals surface area contributed by atoms with Gasteiger partial charge in [-0.3, -0.25) is 9.36 Å². The fraction of sp³-hybridized carbons (Fsp3) is 0.471. The van der Waals surface area contributed by atoms with E-state index in [1.807, 2.05) is 22.9 Å². The van der Waals surface area contributed by atoms with Crippen molar-refractivity contribution in [3.05, 3.63) is 38.3 Å². The summed E-state index contributed by atoms with van der Waals surface area (Å²) in [6.07, 6.45) is 2.42. The second-order valence-electron chi connectivity index (χ2n) is 6.17. The predicted molar refractivity (Wildman–Crippen MR) is 106 cm³/mol. The van der Waals surface area contributed by atoms with Crippen molar-refractivity contribution in [1.82, 2.24) is 19.3 Å². The Labute approximate surface area is 163 Å². The topological polar surface area (TPSA) is 61.9 Å². The molecule has 1 aliphatic rings. The number of aryl methyl sites for hydroxylation is 1. The van der Waals surface area contributed by atoms with Crippen LogP contribution in [-0.2, 0) is 17.8 Å². The van der Waals surface area contributed by atoms with Crippen molar-refractivity contribution in [3.63, 3.8) is 0 Å². The zero-order chi connectivity index (χ0) is 17.9. The van der Waals surface area contributed by atoms with Gasteiger partial charge in [0, 0.05) is 30.0 Å². The standard InChI is InChI=1S/C17H20N4O2S3/c1-12-11-26-17(22)20(12)6-9-25-16-19-18-15(14-5-3-8-24-14)21(16)10-13-4-2-7-23-13/h3,5,8,11,13H,2,4,6-7,9-10H2,1H3. The van der Waals surface area contributed by atoms with Crippen LogP contribution in [0.25, 0.3) is 10.7 Å². The number of rotatable bonds is 7. The Morgan fingerprint density at radius 2 is 2.27 bits per heavy atom. The largest absolute Gasteiger partial charge is 0.376 e. The lowest BCUT2D eigenvalue weighted by Gasteiger charge is -2.14. The maximum absolute atomic E-state index is 11.9. The van der Waals surface area contributed by atoms with Gasteiger partial charge in [-0.05, 0) is 31.2 Å². The molecule has 6 nitrogen and oxygen atoms in total. The summed E-state index contributed by atoms with van der Waals surface area (Å²) in [5.74, 6) is 1.69. The van der Waals surface area contributed by atoms with E-state index in [4.69, 9.17) is 4.74 Å². The van der Waals surface area contributed by atoms with Gasteiger partial charge in [0.25, 0.3) is 0 Å². The average Bonchev–Trinajstić information content (AvgIpc) is 3.41. The summed E-state index contributed by atoms with van der Waals surface area (Å²) in [5.41, 5.74) is 1.01. The zero-order valence-corrected chi connectivity index (χ0v) is 16.9. The summed E-state index contributed by atoms with van der Waals surface area (Å²) in [4.78, 5) is 13.1. The van der Waals surface area contributed by atoms with Crippen LogP contribution in [0.2, 0.25) is 0 Å². The highest BCUT2D eigenvalue weighted by molar-refractivity contribution is 7.99. The van der Waals surface area contributed by atoms with E-state index in [-0.39, 0.29) is 11.0 Å². The number of aromatic nitrogens is 4. The van der Waals surface area contributed by atoms with Crippen LogP contribution in [0.3, 0.4) is 0 Å². The van der Waals surface area contributed by atoms with Gasteiger partial charge in [0.1, 0.15) is 0 Å². The van der Waals surface area contributed by atoms with Crippen LogP contribution in [0.5, 0.6) is 0 Å². The lowest BCUT2D eigenvalue weighted by molar-refractivity contribution is 0.0953. The molecule has 0 amide bonds. The maximum atomic E-state index is 11.9. The molecule has 26 heavy (non-hydrogen) atoms. The van der Waals surface area contributed by atoms with Crippen molar-refractivity contribution in [2.24, 2.45) is 0 Å². The minimum absolute atomic E-state index is 0.100. The molecular weight excluding hydrogens is 388 g/mol. The summed E-state index contributed by atoms with van der Waals surface area (Å²) in [6, 6.07) is 4.10. The van der Waals surface area contributed by atoms with E-state index in [1.165, 1.54) is 11.3 Å². The van der Waals surface area contributed by atoms with Crippen molar-refractivity contribution in [3.8, 4) is 10.7 Å². The number of hydrogen-bond acceptors (Lipinski definition) is 7. The summed E-state index contributed by atoms with van der Waals surface area (Å²) in [6.45, 7) is 4.27. The maximum Gasteiger partial charge on any atom is 0.307 e. The molecule has 3 aromatic rings. The second-order valence-corrected chi connectivity index (χ2v) is 9.00. The highest BCUT2D eigenvalue weighted by atomic mass is 32.2. The highest BCUT2D eigenvalue weighted by Crippen LogP contribution is 2.29. The lowest BCUT2D eigenvalue weighted by atomic mass is 10.2. The molecule has 0 spiro atoms. The van der Waals surface area contributed by atoms with Crippen LogP contribution in [0.15, 0.2) is 32.8 Å².